The third kappa shape index (κ3) is 5.06. The number of hydrogen-bond acceptors (Lipinski definition) is 7. The molecule has 9 nitrogen and oxygen atoms in total. The number of carbonyl (C=O) groups excluding carboxylic acids is 2. The molecule has 148 valence electrons. The summed E-state index contributed by atoms with van der Waals surface area (Å²) >= 11 is 0. The molecule has 0 saturated carbocycles. The predicted octanol–water partition coefficient (Wildman–Crippen LogP) is 0.897. The van der Waals surface area contributed by atoms with Crippen molar-refractivity contribution in [2.45, 2.75) is 25.8 Å². The lowest BCUT2D eigenvalue weighted by molar-refractivity contribution is 0.0658. The molecule has 2 aliphatic heterocycles. The molecular weight excluding hydrogens is 348 g/mol. The van der Waals surface area contributed by atoms with Gasteiger partial charge in [0.05, 0.1) is 6.61 Å². The van der Waals surface area contributed by atoms with E-state index in [-0.39, 0.29) is 18.0 Å². The average molecular weight is 376 g/mol. The monoisotopic (exact) mass is 376 g/mol. The highest BCUT2D eigenvalue weighted by atomic mass is 16.6. The zero-order valence-electron chi connectivity index (χ0n) is 16.1. The van der Waals surface area contributed by atoms with Gasteiger partial charge in [0.1, 0.15) is 5.69 Å². The van der Waals surface area contributed by atoms with E-state index in [1.54, 1.807) is 24.1 Å². The van der Waals surface area contributed by atoms with Crippen molar-refractivity contribution >= 4 is 17.9 Å². The first-order chi connectivity index (χ1) is 13.1. The van der Waals surface area contributed by atoms with Crippen LogP contribution < -0.4 is 5.32 Å². The summed E-state index contributed by atoms with van der Waals surface area (Å²) in [6.45, 7) is 6.65. The number of amides is 2. The highest BCUT2D eigenvalue weighted by Crippen LogP contribution is 2.16. The Labute approximate surface area is 159 Å². The van der Waals surface area contributed by atoms with E-state index in [1.807, 2.05) is 4.90 Å². The van der Waals surface area contributed by atoms with E-state index in [2.05, 4.69) is 27.2 Å². The van der Waals surface area contributed by atoms with Gasteiger partial charge < -0.3 is 24.8 Å². The Hall–Kier alpha value is -2.42. The molecule has 0 spiro atoms. The van der Waals surface area contributed by atoms with Crippen LogP contribution in [0.1, 0.15) is 30.3 Å². The van der Waals surface area contributed by atoms with Crippen LogP contribution in [0.15, 0.2) is 12.3 Å². The topological polar surface area (TPSA) is 90.9 Å². The fourth-order valence-electron chi connectivity index (χ4n) is 3.32. The van der Waals surface area contributed by atoms with E-state index in [1.165, 1.54) is 0 Å². The summed E-state index contributed by atoms with van der Waals surface area (Å²) in [6.07, 6.45) is 2.94. The lowest BCUT2D eigenvalue weighted by Gasteiger charge is -2.32. The van der Waals surface area contributed by atoms with Gasteiger partial charge in [-0.2, -0.15) is 0 Å². The first kappa shape index (κ1) is 19.3. The minimum atomic E-state index is -0.257. The first-order valence-corrected chi connectivity index (χ1v) is 9.56. The second-order valence-corrected chi connectivity index (χ2v) is 6.97. The van der Waals surface area contributed by atoms with Gasteiger partial charge in [-0.05, 0) is 32.9 Å². The first-order valence-electron chi connectivity index (χ1n) is 9.56. The van der Waals surface area contributed by atoms with Gasteiger partial charge in [-0.1, -0.05) is 0 Å². The van der Waals surface area contributed by atoms with Crippen LogP contribution in [-0.4, -0.2) is 95.6 Å². The average Bonchev–Trinajstić information content (AvgIpc) is 2.69. The number of rotatable bonds is 4. The van der Waals surface area contributed by atoms with Crippen LogP contribution >= 0.6 is 0 Å². The van der Waals surface area contributed by atoms with Crippen LogP contribution in [0.5, 0.6) is 0 Å². The van der Waals surface area contributed by atoms with Gasteiger partial charge >= 0.3 is 6.09 Å². The number of likely N-dealkylation sites (tertiary alicyclic amines) is 1. The summed E-state index contributed by atoms with van der Waals surface area (Å²) < 4.78 is 5.04. The molecular formula is C18H28N6O3. The molecule has 27 heavy (non-hydrogen) atoms. The zero-order valence-corrected chi connectivity index (χ0v) is 16.1. The van der Waals surface area contributed by atoms with Crippen molar-refractivity contribution in [3.63, 3.8) is 0 Å². The minimum absolute atomic E-state index is 0.0503. The molecule has 2 saturated heterocycles. The van der Waals surface area contributed by atoms with Crippen LogP contribution in [0.3, 0.4) is 0 Å². The second-order valence-electron chi connectivity index (χ2n) is 6.97. The number of nitrogens with one attached hydrogen (secondary N) is 1. The van der Waals surface area contributed by atoms with Crippen molar-refractivity contribution < 1.29 is 14.3 Å². The quantitative estimate of drug-likeness (QED) is 0.835. The Balaban J connectivity index is 1.54. The molecule has 2 fully saturated rings. The fraction of sp³-hybridized carbons (Fsp3) is 0.667. The number of carbonyl (C=O) groups is 2. The highest BCUT2D eigenvalue weighted by molar-refractivity contribution is 5.92. The zero-order chi connectivity index (χ0) is 19.2. The Morgan fingerprint density at radius 1 is 1.15 bits per heavy atom. The molecule has 2 aliphatic rings. The van der Waals surface area contributed by atoms with E-state index in [0.29, 0.717) is 44.4 Å². The van der Waals surface area contributed by atoms with Gasteiger partial charge in [0.15, 0.2) is 0 Å². The van der Waals surface area contributed by atoms with E-state index in [0.717, 1.165) is 25.9 Å². The van der Waals surface area contributed by atoms with Gasteiger partial charge in [0, 0.05) is 51.5 Å². The third-order valence-electron chi connectivity index (χ3n) is 5.02. The molecule has 9 heteroatoms. The molecule has 2 amide bonds. The number of anilines is 1. The van der Waals surface area contributed by atoms with E-state index >= 15 is 0 Å². The van der Waals surface area contributed by atoms with E-state index in [9.17, 15) is 9.59 Å². The fourth-order valence-corrected chi connectivity index (χ4v) is 3.32. The maximum Gasteiger partial charge on any atom is 0.409 e. The van der Waals surface area contributed by atoms with Crippen LogP contribution in [0.2, 0.25) is 0 Å². The third-order valence-corrected chi connectivity index (χ3v) is 5.02. The van der Waals surface area contributed by atoms with Crippen molar-refractivity contribution in [2.24, 2.45) is 0 Å². The van der Waals surface area contributed by atoms with Gasteiger partial charge in [0.25, 0.3) is 5.91 Å². The Bertz CT molecular complexity index is 654. The molecule has 1 aromatic heterocycles. The molecule has 3 heterocycles. The molecule has 1 N–H and O–H groups in total. The molecule has 3 rings (SSSR count). The van der Waals surface area contributed by atoms with Crippen molar-refractivity contribution in [1.82, 2.24) is 24.7 Å². The number of ether oxygens (including phenoxy) is 1. The second kappa shape index (κ2) is 8.98. The summed E-state index contributed by atoms with van der Waals surface area (Å²) in [4.78, 5) is 38.9. The van der Waals surface area contributed by atoms with Crippen LogP contribution in [0.4, 0.5) is 10.7 Å². The van der Waals surface area contributed by atoms with Crippen molar-refractivity contribution in [2.75, 3.05) is 58.2 Å². The van der Waals surface area contributed by atoms with Crippen LogP contribution in [0.25, 0.3) is 0 Å². The van der Waals surface area contributed by atoms with Gasteiger partial charge in [0.2, 0.25) is 5.95 Å². The Morgan fingerprint density at radius 3 is 2.52 bits per heavy atom. The SMILES string of the molecule is CCOC(=O)N1CCC(Nc2nccc(C(=O)N3CCN(C)CC3)n2)CC1. The maximum absolute atomic E-state index is 12.7. The van der Waals surface area contributed by atoms with Crippen molar-refractivity contribution in [3.05, 3.63) is 18.0 Å². The molecule has 0 aromatic carbocycles. The minimum Gasteiger partial charge on any atom is -0.450 e. The van der Waals surface area contributed by atoms with Gasteiger partial charge in [-0.15, -0.1) is 0 Å². The van der Waals surface area contributed by atoms with Crippen LogP contribution in [-0.2, 0) is 4.74 Å². The summed E-state index contributed by atoms with van der Waals surface area (Å²) in [5.74, 6) is 0.412. The number of piperazine rings is 1. The summed E-state index contributed by atoms with van der Waals surface area (Å²) in [5, 5.41) is 3.30. The number of likely N-dealkylation sites (N-methyl/N-ethyl adjacent to an activating group) is 1. The molecule has 0 aliphatic carbocycles. The summed E-state index contributed by atoms with van der Waals surface area (Å²) in [7, 11) is 2.06. The Morgan fingerprint density at radius 2 is 1.85 bits per heavy atom. The number of nitrogens with zero attached hydrogens (tertiary/aromatic N) is 5. The summed E-state index contributed by atoms with van der Waals surface area (Å²) in [5.41, 5.74) is 0.418. The normalized spacial score (nSPS) is 19.0. The highest BCUT2D eigenvalue weighted by Gasteiger charge is 2.25. The molecule has 1 aromatic rings. The molecule has 0 bridgehead atoms. The molecule has 0 unspecified atom stereocenters. The van der Waals surface area contributed by atoms with Crippen molar-refractivity contribution in [3.8, 4) is 0 Å². The van der Waals surface area contributed by atoms with E-state index < -0.39 is 0 Å². The number of aromatic nitrogens is 2. The smallest absolute Gasteiger partial charge is 0.409 e. The number of hydrogen-bond donors (Lipinski definition) is 1. The van der Waals surface area contributed by atoms with Gasteiger partial charge in [-0.25, -0.2) is 14.8 Å². The van der Waals surface area contributed by atoms with E-state index in [4.69, 9.17) is 4.74 Å². The lowest BCUT2D eigenvalue weighted by atomic mass is 10.1. The largest absolute Gasteiger partial charge is 0.450 e. The van der Waals surface area contributed by atoms with Crippen LogP contribution in [0, 0.1) is 0 Å². The molecule has 0 radical (unpaired) electrons. The maximum atomic E-state index is 12.7. The Kier molecular flexibility index (Phi) is 6.44. The van der Waals surface area contributed by atoms with Gasteiger partial charge in [-0.3, -0.25) is 4.79 Å². The summed E-state index contributed by atoms with van der Waals surface area (Å²) in [6, 6.07) is 1.83. The predicted molar refractivity (Wildman–Crippen MR) is 101 cm³/mol. The number of piperidine rings is 1. The molecule has 0 atom stereocenters. The lowest BCUT2D eigenvalue weighted by Crippen LogP contribution is -2.47. The van der Waals surface area contributed by atoms with Crippen molar-refractivity contribution in [1.29, 1.82) is 0 Å². The standard InChI is InChI=1S/C18H28N6O3/c1-3-27-18(26)24-8-5-14(6-9-24)20-17-19-7-4-15(21-17)16(25)23-12-10-22(2)11-13-23/h4,7,14H,3,5-6,8-13H2,1-2H3,(H,19,20,21).